The molecule has 3 heteroatoms. The molecule has 1 heterocycles. The number of nitrogens with zero attached hydrogens (tertiary/aromatic N) is 1. The maximum Gasteiger partial charge on any atom is 0.168 e. The number of carbonyl (C=O) groups excluding carboxylic acids is 1. The van der Waals surface area contributed by atoms with Crippen molar-refractivity contribution in [2.45, 2.75) is 20.3 Å². The molecule has 0 amide bonds. The summed E-state index contributed by atoms with van der Waals surface area (Å²) in [5, 5.41) is 0.683. The average Bonchev–Trinajstić information content (AvgIpc) is 2.52. The number of rotatable bonds is 4. The first-order valence-corrected chi connectivity index (χ1v) is 6.99. The van der Waals surface area contributed by atoms with Gasteiger partial charge in [-0.2, -0.15) is 0 Å². The monoisotopic (exact) mass is 287 g/mol. The molecule has 104 valence electrons. The fraction of sp³-hybridized carbons (Fsp3) is 0.176. The Morgan fingerprint density at radius 1 is 1.20 bits per heavy atom. The fourth-order valence-electron chi connectivity index (χ4n) is 1.55. The molecule has 2 nitrogen and oxygen atoms in total. The molecule has 0 N–H and O–H groups in total. The summed E-state index contributed by atoms with van der Waals surface area (Å²) in [6.45, 7) is 4.00. The average molecular weight is 288 g/mol. The zero-order valence-corrected chi connectivity index (χ0v) is 12.5. The minimum Gasteiger partial charge on any atom is -0.294 e. The Labute approximate surface area is 125 Å². The van der Waals surface area contributed by atoms with Crippen molar-refractivity contribution < 1.29 is 4.79 Å². The van der Waals surface area contributed by atoms with Crippen molar-refractivity contribution in [1.82, 2.24) is 4.98 Å². The van der Waals surface area contributed by atoms with E-state index >= 15 is 0 Å². The molecular weight excluding hydrogens is 270 g/mol. The van der Waals surface area contributed by atoms with E-state index < -0.39 is 0 Å². The summed E-state index contributed by atoms with van der Waals surface area (Å²) in [7, 11) is 0. The molecule has 0 aliphatic carbocycles. The number of Topliss-reactive ketones (excluding diaryl/α,β-unsaturated/α-hetero) is 1. The zero-order valence-electron chi connectivity index (χ0n) is 11.7. The highest BCUT2D eigenvalue weighted by Gasteiger charge is 2.02. The van der Waals surface area contributed by atoms with Crippen LogP contribution >= 0.6 is 11.6 Å². The molecule has 20 heavy (non-hydrogen) atoms. The number of hydrogen-bond donors (Lipinski definition) is 0. The maximum absolute atomic E-state index is 11.8. The summed E-state index contributed by atoms with van der Waals surface area (Å²) in [6, 6.07) is 11.0. The highest BCUT2D eigenvalue weighted by Crippen LogP contribution is 2.16. The number of carbonyl (C=O) groups is 1. The quantitative estimate of drug-likeness (QED) is 0.737. The molecule has 0 saturated carbocycles. The standard InChI is InChI=1S/C15H12ClNO.C2H6/c16-14-8-2-1-5-12(14)6-3-9-15(18)13-7-4-10-17-11-13;1-2/h1-8,10-11H,9H2;1-2H3/b6-3+;. The molecule has 0 radical (unpaired) electrons. The second-order valence-corrected chi connectivity index (χ2v) is 4.20. The van der Waals surface area contributed by atoms with Gasteiger partial charge in [0, 0.05) is 29.4 Å². The Morgan fingerprint density at radius 3 is 2.60 bits per heavy atom. The van der Waals surface area contributed by atoms with Gasteiger partial charge in [0.1, 0.15) is 0 Å². The first kappa shape index (κ1) is 16.1. The van der Waals surface area contributed by atoms with Crippen LogP contribution in [0.4, 0.5) is 0 Å². The summed E-state index contributed by atoms with van der Waals surface area (Å²) in [5.74, 6) is 0.0476. The lowest BCUT2D eigenvalue weighted by atomic mass is 10.1. The van der Waals surface area contributed by atoms with Crippen molar-refractivity contribution in [2.75, 3.05) is 0 Å². The van der Waals surface area contributed by atoms with Gasteiger partial charge in [-0.1, -0.05) is 55.8 Å². The third-order valence-electron chi connectivity index (χ3n) is 2.49. The Hall–Kier alpha value is -1.93. The van der Waals surface area contributed by atoms with E-state index in [0.29, 0.717) is 17.0 Å². The van der Waals surface area contributed by atoms with Gasteiger partial charge in [0.25, 0.3) is 0 Å². The summed E-state index contributed by atoms with van der Waals surface area (Å²) in [5.41, 5.74) is 1.54. The van der Waals surface area contributed by atoms with E-state index in [0.717, 1.165) is 5.56 Å². The lowest BCUT2D eigenvalue weighted by Crippen LogP contribution is -1.96. The third-order valence-corrected chi connectivity index (χ3v) is 2.83. The number of pyridine rings is 1. The van der Waals surface area contributed by atoms with Crippen molar-refractivity contribution >= 4 is 23.5 Å². The first-order chi connectivity index (χ1) is 9.77. The second kappa shape index (κ2) is 9.05. The molecule has 0 unspecified atom stereocenters. The van der Waals surface area contributed by atoms with E-state index in [4.69, 9.17) is 11.6 Å². The van der Waals surface area contributed by atoms with Crippen LogP contribution < -0.4 is 0 Å². The number of ketones is 1. The molecule has 2 rings (SSSR count). The number of benzene rings is 1. The zero-order chi connectivity index (χ0) is 14.8. The van der Waals surface area contributed by atoms with Crippen LogP contribution in [0.1, 0.15) is 36.2 Å². The molecule has 0 bridgehead atoms. The Balaban J connectivity index is 0.000000956. The van der Waals surface area contributed by atoms with Gasteiger partial charge in [0.05, 0.1) is 0 Å². The predicted molar refractivity (Wildman–Crippen MR) is 85.0 cm³/mol. The van der Waals surface area contributed by atoms with Gasteiger partial charge in [-0.25, -0.2) is 0 Å². The number of allylic oxidation sites excluding steroid dienone is 1. The van der Waals surface area contributed by atoms with Crippen molar-refractivity contribution in [3.05, 3.63) is 71.0 Å². The van der Waals surface area contributed by atoms with Crippen LogP contribution in [0.25, 0.3) is 6.08 Å². The molecular formula is C17H18ClNO. The van der Waals surface area contributed by atoms with Crippen LogP contribution in [0, 0.1) is 0 Å². The molecule has 0 aliphatic heterocycles. The van der Waals surface area contributed by atoms with E-state index in [1.54, 1.807) is 24.5 Å². The van der Waals surface area contributed by atoms with E-state index in [1.165, 1.54) is 0 Å². The normalized spacial score (nSPS) is 9.95. The summed E-state index contributed by atoms with van der Waals surface area (Å²) >= 11 is 6.01. The maximum atomic E-state index is 11.8. The molecule has 0 atom stereocenters. The van der Waals surface area contributed by atoms with Crippen molar-refractivity contribution in [3.63, 3.8) is 0 Å². The van der Waals surface area contributed by atoms with Crippen LogP contribution in [0.15, 0.2) is 54.9 Å². The number of aromatic nitrogens is 1. The van der Waals surface area contributed by atoms with E-state index in [-0.39, 0.29) is 5.78 Å². The van der Waals surface area contributed by atoms with Crippen molar-refractivity contribution in [1.29, 1.82) is 0 Å². The first-order valence-electron chi connectivity index (χ1n) is 6.61. The smallest absolute Gasteiger partial charge is 0.168 e. The Bertz CT molecular complexity index is 564. The molecule has 1 aromatic carbocycles. The fourth-order valence-corrected chi connectivity index (χ4v) is 1.75. The highest BCUT2D eigenvalue weighted by atomic mass is 35.5. The predicted octanol–water partition coefficient (Wildman–Crippen LogP) is 5.05. The number of halogens is 1. The number of hydrogen-bond acceptors (Lipinski definition) is 2. The van der Waals surface area contributed by atoms with Gasteiger partial charge in [-0.05, 0) is 23.8 Å². The summed E-state index contributed by atoms with van der Waals surface area (Å²) in [6.07, 6.45) is 7.24. The Morgan fingerprint density at radius 2 is 1.95 bits per heavy atom. The minimum atomic E-state index is 0.0476. The highest BCUT2D eigenvalue weighted by molar-refractivity contribution is 6.32. The Kier molecular flexibility index (Phi) is 7.30. The molecule has 1 aromatic heterocycles. The summed E-state index contributed by atoms with van der Waals surface area (Å²) < 4.78 is 0. The lowest BCUT2D eigenvalue weighted by molar-refractivity contribution is 0.0995. The van der Waals surface area contributed by atoms with Crippen LogP contribution in [-0.4, -0.2) is 10.8 Å². The van der Waals surface area contributed by atoms with Crippen LogP contribution in [0.3, 0.4) is 0 Å². The van der Waals surface area contributed by atoms with Crippen molar-refractivity contribution in [3.8, 4) is 0 Å². The SMILES string of the molecule is CC.O=C(C/C=C/c1ccccc1Cl)c1cccnc1. The van der Waals surface area contributed by atoms with Gasteiger partial charge in [-0.15, -0.1) is 0 Å². The molecule has 0 fully saturated rings. The van der Waals surface area contributed by atoms with Gasteiger partial charge in [-0.3, -0.25) is 9.78 Å². The van der Waals surface area contributed by atoms with E-state index in [9.17, 15) is 4.79 Å². The second-order valence-electron chi connectivity index (χ2n) is 3.79. The summed E-state index contributed by atoms with van der Waals surface area (Å²) in [4.78, 5) is 15.7. The lowest BCUT2D eigenvalue weighted by Gasteiger charge is -1.97. The molecule has 0 aliphatic rings. The van der Waals surface area contributed by atoms with Gasteiger partial charge in [0.15, 0.2) is 5.78 Å². The largest absolute Gasteiger partial charge is 0.294 e. The van der Waals surface area contributed by atoms with E-state index in [2.05, 4.69) is 4.98 Å². The molecule has 0 spiro atoms. The van der Waals surface area contributed by atoms with Crippen LogP contribution in [0.2, 0.25) is 5.02 Å². The topological polar surface area (TPSA) is 30.0 Å². The van der Waals surface area contributed by atoms with Gasteiger partial charge >= 0.3 is 0 Å². The molecule has 0 saturated heterocycles. The van der Waals surface area contributed by atoms with E-state index in [1.807, 2.05) is 50.3 Å². The molecule has 2 aromatic rings. The van der Waals surface area contributed by atoms with Crippen LogP contribution in [-0.2, 0) is 0 Å². The van der Waals surface area contributed by atoms with Gasteiger partial charge in [0.2, 0.25) is 0 Å². The van der Waals surface area contributed by atoms with Crippen molar-refractivity contribution in [2.24, 2.45) is 0 Å². The minimum absolute atomic E-state index is 0.0476. The third kappa shape index (κ3) is 4.98. The van der Waals surface area contributed by atoms with Gasteiger partial charge < -0.3 is 0 Å². The van der Waals surface area contributed by atoms with Crippen LogP contribution in [0.5, 0.6) is 0 Å².